The zero-order chi connectivity index (χ0) is 14.3. The number of carbonyl (C=O) groups excluding carboxylic acids is 1. The van der Waals surface area contributed by atoms with Gasteiger partial charge in [-0.1, -0.05) is 6.92 Å². The molecule has 2 unspecified atom stereocenters. The fourth-order valence-corrected chi connectivity index (χ4v) is 3.97. The van der Waals surface area contributed by atoms with Gasteiger partial charge in [-0.05, 0) is 55.4 Å². The fraction of sp³-hybridized carbons (Fsp3) is 0.533. The molecule has 1 N–H and O–H groups in total. The second-order valence-corrected chi connectivity index (χ2v) is 8.12. The molecule has 1 aromatic rings. The topological polar surface area (TPSA) is 63.2 Å². The second kappa shape index (κ2) is 4.88. The van der Waals surface area contributed by atoms with E-state index in [4.69, 9.17) is 0 Å². The van der Waals surface area contributed by atoms with Gasteiger partial charge in [-0.15, -0.1) is 0 Å². The summed E-state index contributed by atoms with van der Waals surface area (Å²) in [5.74, 6) is 1.86. The Balaban J connectivity index is 1.64. The number of hydrogen-bond donors (Lipinski definition) is 1. The summed E-state index contributed by atoms with van der Waals surface area (Å²) in [6, 6.07) is 6.44. The van der Waals surface area contributed by atoms with E-state index in [2.05, 4.69) is 5.32 Å². The summed E-state index contributed by atoms with van der Waals surface area (Å²) in [5.41, 5.74) is 0.672. The van der Waals surface area contributed by atoms with Crippen molar-refractivity contribution in [2.24, 2.45) is 17.8 Å². The van der Waals surface area contributed by atoms with Crippen LogP contribution in [0.3, 0.4) is 0 Å². The van der Waals surface area contributed by atoms with Gasteiger partial charge in [0, 0.05) is 11.6 Å². The molecule has 0 saturated heterocycles. The molecule has 2 fully saturated rings. The molecule has 0 heterocycles. The van der Waals surface area contributed by atoms with Crippen LogP contribution in [0.4, 0.5) is 5.69 Å². The zero-order valence-electron chi connectivity index (χ0n) is 11.5. The molecule has 0 aromatic heterocycles. The standard InChI is InChI=1S/C15H19NO3S/c1-2-20(18,19)14-5-3-13(4-6-14)16-15(17)12-8-10-7-11(10)9-12/h3-6,10-12H,2,7-9H2,1H3,(H,16,17). The summed E-state index contributed by atoms with van der Waals surface area (Å²) in [5, 5.41) is 2.89. The smallest absolute Gasteiger partial charge is 0.227 e. The summed E-state index contributed by atoms with van der Waals surface area (Å²) in [6.45, 7) is 1.62. The van der Waals surface area contributed by atoms with Gasteiger partial charge in [0.15, 0.2) is 9.84 Å². The van der Waals surface area contributed by atoms with Gasteiger partial charge in [0.2, 0.25) is 5.91 Å². The van der Waals surface area contributed by atoms with Crippen LogP contribution in [0.15, 0.2) is 29.2 Å². The van der Waals surface area contributed by atoms with Crippen LogP contribution in [0.25, 0.3) is 0 Å². The van der Waals surface area contributed by atoms with Crippen molar-refractivity contribution in [2.45, 2.75) is 31.1 Å². The molecular formula is C15H19NO3S. The van der Waals surface area contributed by atoms with E-state index in [0.717, 1.165) is 24.7 Å². The van der Waals surface area contributed by atoms with E-state index in [0.29, 0.717) is 10.6 Å². The minimum absolute atomic E-state index is 0.0725. The molecule has 0 bridgehead atoms. The van der Waals surface area contributed by atoms with Gasteiger partial charge in [-0.3, -0.25) is 4.79 Å². The number of hydrogen-bond acceptors (Lipinski definition) is 3. The van der Waals surface area contributed by atoms with Gasteiger partial charge in [-0.2, -0.15) is 0 Å². The van der Waals surface area contributed by atoms with E-state index in [-0.39, 0.29) is 17.6 Å². The number of nitrogens with one attached hydrogen (secondary N) is 1. The van der Waals surface area contributed by atoms with Crippen LogP contribution >= 0.6 is 0 Å². The Morgan fingerprint density at radius 1 is 1.15 bits per heavy atom. The molecule has 2 saturated carbocycles. The van der Waals surface area contributed by atoms with Gasteiger partial charge in [-0.25, -0.2) is 8.42 Å². The summed E-state index contributed by atoms with van der Waals surface area (Å²) in [7, 11) is -3.17. The summed E-state index contributed by atoms with van der Waals surface area (Å²) in [4.78, 5) is 12.4. The summed E-state index contributed by atoms with van der Waals surface area (Å²) in [6.07, 6.45) is 3.32. The first-order valence-corrected chi connectivity index (χ1v) is 8.78. The largest absolute Gasteiger partial charge is 0.326 e. The number of benzene rings is 1. The highest BCUT2D eigenvalue weighted by Crippen LogP contribution is 2.54. The van der Waals surface area contributed by atoms with E-state index in [1.807, 2.05) is 0 Å². The molecular weight excluding hydrogens is 274 g/mol. The molecule has 2 atom stereocenters. The monoisotopic (exact) mass is 293 g/mol. The van der Waals surface area contributed by atoms with Crippen LogP contribution in [0, 0.1) is 17.8 Å². The van der Waals surface area contributed by atoms with Crippen LogP contribution < -0.4 is 5.32 Å². The Morgan fingerprint density at radius 2 is 1.75 bits per heavy atom. The fourth-order valence-electron chi connectivity index (χ4n) is 3.09. The number of fused-ring (bicyclic) bond motifs is 1. The third kappa shape index (κ3) is 2.59. The van der Waals surface area contributed by atoms with E-state index in [9.17, 15) is 13.2 Å². The van der Waals surface area contributed by atoms with Crippen molar-refractivity contribution in [1.29, 1.82) is 0 Å². The van der Waals surface area contributed by atoms with Crippen LogP contribution in [0.1, 0.15) is 26.2 Å². The van der Waals surface area contributed by atoms with E-state index >= 15 is 0 Å². The maximum Gasteiger partial charge on any atom is 0.227 e. The van der Waals surface area contributed by atoms with Crippen LogP contribution in [-0.2, 0) is 14.6 Å². The van der Waals surface area contributed by atoms with Crippen molar-refractivity contribution in [3.8, 4) is 0 Å². The maximum atomic E-state index is 12.1. The Morgan fingerprint density at radius 3 is 2.30 bits per heavy atom. The lowest BCUT2D eigenvalue weighted by Crippen LogP contribution is -2.21. The molecule has 2 aliphatic rings. The van der Waals surface area contributed by atoms with E-state index in [1.165, 1.54) is 6.42 Å². The number of sulfone groups is 1. The Hall–Kier alpha value is -1.36. The molecule has 5 heteroatoms. The predicted octanol–water partition coefficient (Wildman–Crippen LogP) is 2.46. The summed E-state index contributed by atoms with van der Waals surface area (Å²) >= 11 is 0. The van der Waals surface area contributed by atoms with Crippen molar-refractivity contribution in [3.63, 3.8) is 0 Å². The number of carbonyl (C=O) groups is 1. The van der Waals surface area contributed by atoms with Gasteiger partial charge >= 0.3 is 0 Å². The Bertz CT molecular complexity index is 611. The quantitative estimate of drug-likeness (QED) is 0.927. The molecule has 0 aliphatic heterocycles. The molecule has 4 nitrogen and oxygen atoms in total. The van der Waals surface area contributed by atoms with Crippen LogP contribution in [-0.4, -0.2) is 20.1 Å². The zero-order valence-corrected chi connectivity index (χ0v) is 12.3. The third-order valence-corrected chi connectivity index (χ3v) is 6.23. The van der Waals surface area contributed by atoms with Gasteiger partial charge in [0.05, 0.1) is 10.6 Å². The average molecular weight is 293 g/mol. The van der Waals surface area contributed by atoms with Gasteiger partial charge in [0.1, 0.15) is 0 Å². The Kier molecular flexibility index (Phi) is 3.32. The lowest BCUT2D eigenvalue weighted by atomic mass is 10.0. The van der Waals surface area contributed by atoms with Crippen LogP contribution in [0.2, 0.25) is 0 Å². The maximum absolute atomic E-state index is 12.1. The number of anilines is 1. The van der Waals surface area contributed by atoms with Crippen molar-refractivity contribution in [1.82, 2.24) is 0 Å². The van der Waals surface area contributed by atoms with Crippen molar-refractivity contribution < 1.29 is 13.2 Å². The van der Waals surface area contributed by atoms with E-state index in [1.54, 1.807) is 31.2 Å². The first-order chi connectivity index (χ1) is 9.49. The van der Waals surface area contributed by atoms with Crippen molar-refractivity contribution in [2.75, 3.05) is 11.1 Å². The predicted molar refractivity (Wildman–Crippen MR) is 77.1 cm³/mol. The first kappa shape index (κ1) is 13.6. The highest BCUT2D eigenvalue weighted by molar-refractivity contribution is 7.91. The molecule has 20 heavy (non-hydrogen) atoms. The van der Waals surface area contributed by atoms with E-state index < -0.39 is 9.84 Å². The minimum Gasteiger partial charge on any atom is -0.326 e. The van der Waals surface area contributed by atoms with Crippen molar-refractivity contribution >= 4 is 21.4 Å². The molecule has 0 radical (unpaired) electrons. The Labute approximate surface area is 119 Å². The first-order valence-electron chi connectivity index (χ1n) is 7.13. The molecule has 3 rings (SSSR count). The number of amides is 1. The lowest BCUT2D eigenvalue weighted by Gasteiger charge is -2.12. The molecule has 108 valence electrons. The number of rotatable bonds is 4. The molecule has 1 amide bonds. The molecule has 1 aromatic carbocycles. The molecule has 0 spiro atoms. The highest BCUT2D eigenvalue weighted by atomic mass is 32.2. The summed E-state index contributed by atoms with van der Waals surface area (Å²) < 4.78 is 23.4. The average Bonchev–Trinajstić information content (AvgIpc) is 3.05. The van der Waals surface area contributed by atoms with Gasteiger partial charge in [0.25, 0.3) is 0 Å². The second-order valence-electron chi connectivity index (χ2n) is 5.84. The van der Waals surface area contributed by atoms with Gasteiger partial charge < -0.3 is 5.32 Å². The normalized spacial score (nSPS) is 27.9. The molecule has 2 aliphatic carbocycles. The van der Waals surface area contributed by atoms with Crippen LogP contribution in [0.5, 0.6) is 0 Å². The lowest BCUT2D eigenvalue weighted by molar-refractivity contribution is -0.120. The van der Waals surface area contributed by atoms with Crippen molar-refractivity contribution in [3.05, 3.63) is 24.3 Å². The minimum atomic E-state index is -3.17. The SMILES string of the molecule is CCS(=O)(=O)c1ccc(NC(=O)C2CC3CC3C2)cc1. The highest BCUT2D eigenvalue weighted by Gasteiger charge is 2.47. The third-order valence-electron chi connectivity index (χ3n) is 4.48.